The molecule has 0 unspecified atom stereocenters. The molecule has 3 aromatic rings. The summed E-state index contributed by atoms with van der Waals surface area (Å²) < 4.78 is 7.63. The lowest BCUT2D eigenvalue weighted by Gasteiger charge is -2.35. The minimum absolute atomic E-state index is 0.183. The minimum atomic E-state index is 0.183. The minimum Gasteiger partial charge on any atom is -0.378 e. The average molecular weight is 326 g/mol. The van der Waals surface area contributed by atoms with Gasteiger partial charge in [0.05, 0.1) is 37.3 Å². The summed E-state index contributed by atoms with van der Waals surface area (Å²) in [5, 5.41) is 11.8. The quantitative estimate of drug-likeness (QED) is 0.796. The average Bonchev–Trinajstić information content (AvgIpc) is 3.15. The number of nitrogens with zero attached hydrogens (tertiary/aromatic N) is 5. The molecule has 0 aliphatic carbocycles. The van der Waals surface area contributed by atoms with E-state index in [2.05, 4.69) is 45.1 Å². The zero-order valence-corrected chi connectivity index (χ0v) is 14.3. The number of hydrogen-bond acceptors (Lipinski definition) is 5. The van der Waals surface area contributed by atoms with Gasteiger partial charge in [0.15, 0.2) is 5.65 Å². The van der Waals surface area contributed by atoms with Gasteiger partial charge < -0.3 is 4.74 Å². The molecular weight excluding hydrogens is 304 g/mol. The normalized spacial score (nSPS) is 19.2. The molecule has 1 aliphatic heterocycles. The lowest BCUT2D eigenvalue weighted by atomic mass is 10.1. The van der Waals surface area contributed by atoms with Crippen LogP contribution in [0, 0.1) is 20.8 Å². The van der Waals surface area contributed by atoms with Crippen LogP contribution in [0.5, 0.6) is 0 Å². The van der Waals surface area contributed by atoms with Crippen LogP contribution < -0.4 is 0 Å². The summed E-state index contributed by atoms with van der Waals surface area (Å²) in [6.45, 7) is 9.26. The van der Waals surface area contributed by atoms with E-state index < -0.39 is 0 Å². The van der Waals surface area contributed by atoms with E-state index in [1.807, 2.05) is 23.8 Å². The van der Waals surface area contributed by atoms with Crippen LogP contribution >= 0.6 is 0 Å². The first kappa shape index (κ1) is 15.3. The van der Waals surface area contributed by atoms with E-state index in [-0.39, 0.29) is 6.04 Å². The summed E-state index contributed by atoms with van der Waals surface area (Å²) in [4.78, 5) is 7.11. The van der Waals surface area contributed by atoms with Crippen LogP contribution in [0.3, 0.4) is 0 Å². The number of nitrogens with one attached hydrogen (secondary N) is 1. The third-order valence-electron chi connectivity index (χ3n) is 4.67. The molecule has 1 fully saturated rings. The predicted molar refractivity (Wildman–Crippen MR) is 89.8 cm³/mol. The number of aromatic amines is 1. The van der Waals surface area contributed by atoms with Crippen LogP contribution in [-0.4, -0.2) is 49.5 Å². The Kier molecular flexibility index (Phi) is 3.82. The van der Waals surface area contributed by atoms with Gasteiger partial charge >= 0.3 is 0 Å². The summed E-state index contributed by atoms with van der Waals surface area (Å²) in [6.07, 6.45) is 3.80. The molecular formula is C17H22N6O. The Morgan fingerprint density at radius 3 is 2.96 bits per heavy atom. The van der Waals surface area contributed by atoms with Crippen molar-refractivity contribution in [3.8, 4) is 0 Å². The molecule has 0 bridgehead atoms. The number of fused-ring (bicyclic) bond motifs is 1. The first-order valence-corrected chi connectivity index (χ1v) is 8.26. The number of aryl methyl sites for hydroxylation is 3. The van der Waals surface area contributed by atoms with Crippen molar-refractivity contribution in [1.29, 1.82) is 0 Å². The lowest BCUT2D eigenvalue weighted by molar-refractivity contribution is -0.0143. The highest BCUT2D eigenvalue weighted by atomic mass is 16.5. The Morgan fingerprint density at radius 1 is 1.29 bits per heavy atom. The molecule has 0 aromatic carbocycles. The smallest absolute Gasteiger partial charge is 0.159 e. The van der Waals surface area contributed by atoms with Gasteiger partial charge in [-0.15, -0.1) is 0 Å². The summed E-state index contributed by atoms with van der Waals surface area (Å²) in [5.41, 5.74) is 6.51. The maximum atomic E-state index is 5.71. The fourth-order valence-corrected chi connectivity index (χ4v) is 3.43. The highest BCUT2D eigenvalue weighted by Gasteiger charge is 2.28. The number of H-pyrrole nitrogens is 1. The second-order valence-electron chi connectivity index (χ2n) is 6.47. The largest absolute Gasteiger partial charge is 0.378 e. The Hall–Kier alpha value is -2.25. The van der Waals surface area contributed by atoms with Crippen molar-refractivity contribution >= 4 is 5.65 Å². The van der Waals surface area contributed by atoms with Gasteiger partial charge in [-0.05, 0) is 32.4 Å². The molecule has 126 valence electrons. The lowest BCUT2D eigenvalue weighted by Crippen LogP contribution is -2.39. The summed E-state index contributed by atoms with van der Waals surface area (Å²) >= 11 is 0. The first-order valence-electron chi connectivity index (χ1n) is 8.26. The Bertz CT molecular complexity index is 867. The molecule has 1 N–H and O–H groups in total. The molecule has 24 heavy (non-hydrogen) atoms. The zero-order valence-electron chi connectivity index (χ0n) is 14.3. The van der Waals surface area contributed by atoms with Crippen molar-refractivity contribution in [2.75, 3.05) is 19.8 Å². The third-order valence-corrected chi connectivity index (χ3v) is 4.67. The summed E-state index contributed by atoms with van der Waals surface area (Å²) in [5.74, 6) is 0. The summed E-state index contributed by atoms with van der Waals surface area (Å²) in [7, 11) is 0. The van der Waals surface area contributed by atoms with Gasteiger partial charge in [0, 0.05) is 30.0 Å². The zero-order chi connectivity index (χ0) is 16.7. The second kappa shape index (κ2) is 5.99. The van der Waals surface area contributed by atoms with Gasteiger partial charge in [-0.1, -0.05) is 0 Å². The van der Waals surface area contributed by atoms with E-state index in [1.165, 1.54) is 5.56 Å². The number of hydrogen-bond donors (Lipinski definition) is 1. The van der Waals surface area contributed by atoms with Gasteiger partial charge in [0.25, 0.3) is 0 Å². The van der Waals surface area contributed by atoms with E-state index in [0.717, 1.165) is 48.0 Å². The fraction of sp³-hybridized carbons (Fsp3) is 0.471. The monoisotopic (exact) mass is 326 g/mol. The molecule has 1 aliphatic rings. The van der Waals surface area contributed by atoms with Crippen molar-refractivity contribution in [2.45, 2.75) is 33.4 Å². The number of rotatable bonds is 3. The predicted octanol–water partition coefficient (Wildman–Crippen LogP) is 1.95. The van der Waals surface area contributed by atoms with Crippen molar-refractivity contribution < 1.29 is 4.74 Å². The van der Waals surface area contributed by atoms with Gasteiger partial charge in [0.1, 0.15) is 0 Å². The van der Waals surface area contributed by atoms with Crippen LogP contribution in [0.25, 0.3) is 5.65 Å². The highest BCUT2D eigenvalue weighted by Crippen LogP contribution is 2.27. The maximum absolute atomic E-state index is 5.71. The van der Waals surface area contributed by atoms with E-state index in [1.54, 1.807) is 0 Å². The van der Waals surface area contributed by atoms with Crippen LogP contribution in [-0.2, 0) is 11.3 Å². The molecule has 4 rings (SSSR count). The van der Waals surface area contributed by atoms with Gasteiger partial charge in [-0.25, -0.2) is 9.50 Å². The fourth-order valence-electron chi connectivity index (χ4n) is 3.43. The third kappa shape index (κ3) is 2.59. The molecule has 0 saturated carbocycles. The van der Waals surface area contributed by atoms with E-state index in [0.29, 0.717) is 6.61 Å². The molecule has 1 atom stereocenters. The maximum Gasteiger partial charge on any atom is 0.159 e. The molecule has 0 amide bonds. The van der Waals surface area contributed by atoms with Crippen molar-refractivity contribution in [3.63, 3.8) is 0 Å². The molecule has 3 aromatic heterocycles. The molecule has 4 heterocycles. The summed E-state index contributed by atoms with van der Waals surface area (Å²) in [6, 6.07) is 2.23. The van der Waals surface area contributed by atoms with Crippen molar-refractivity contribution in [3.05, 3.63) is 46.7 Å². The topological polar surface area (TPSA) is 71.3 Å². The Balaban J connectivity index is 1.67. The number of morpholine rings is 1. The molecule has 7 heteroatoms. The van der Waals surface area contributed by atoms with Gasteiger partial charge in [-0.2, -0.15) is 10.2 Å². The van der Waals surface area contributed by atoms with Crippen LogP contribution in [0.2, 0.25) is 0 Å². The molecule has 1 saturated heterocycles. The van der Waals surface area contributed by atoms with Crippen LogP contribution in [0.4, 0.5) is 0 Å². The van der Waals surface area contributed by atoms with Gasteiger partial charge in [-0.3, -0.25) is 10.00 Å². The van der Waals surface area contributed by atoms with Gasteiger partial charge in [0.2, 0.25) is 0 Å². The second-order valence-corrected chi connectivity index (χ2v) is 6.47. The first-order chi connectivity index (χ1) is 11.6. The Morgan fingerprint density at radius 2 is 2.17 bits per heavy atom. The number of ether oxygens (including phenoxy) is 1. The standard InChI is InChI=1S/C17H22N6O/c1-11-7-18-21-16(11)15-10-24-5-4-22(15)9-14-8-19-23-13(3)6-12(2)20-17(14)23/h6-8,15H,4-5,9-10H2,1-3H3,(H,18,21)/t15-/m1/s1. The van der Waals surface area contributed by atoms with Crippen LogP contribution in [0.15, 0.2) is 18.5 Å². The highest BCUT2D eigenvalue weighted by molar-refractivity contribution is 5.48. The molecule has 0 radical (unpaired) electrons. The van der Waals surface area contributed by atoms with Crippen molar-refractivity contribution in [2.24, 2.45) is 0 Å². The van der Waals surface area contributed by atoms with E-state index >= 15 is 0 Å². The SMILES string of the molecule is Cc1cc(C)n2ncc(CN3CCOC[C@@H]3c3[nH]ncc3C)c2n1. The Labute approximate surface area is 140 Å². The van der Waals surface area contributed by atoms with E-state index in [4.69, 9.17) is 4.74 Å². The van der Waals surface area contributed by atoms with Crippen LogP contribution in [0.1, 0.15) is 34.3 Å². The molecule has 7 nitrogen and oxygen atoms in total. The van der Waals surface area contributed by atoms with E-state index in [9.17, 15) is 0 Å². The number of aromatic nitrogens is 5. The van der Waals surface area contributed by atoms with Crippen molar-refractivity contribution in [1.82, 2.24) is 29.7 Å². The molecule has 0 spiro atoms.